The van der Waals surface area contributed by atoms with Crippen LogP contribution in [-0.2, 0) is 6.18 Å². The Bertz CT molecular complexity index is 638. The Morgan fingerprint density at radius 3 is 2.24 bits per heavy atom. The van der Waals surface area contributed by atoms with Crippen LogP contribution in [-0.4, -0.2) is 6.54 Å². The zero-order valence-electron chi connectivity index (χ0n) is 11.3. The molecule has 0 radical (unpaired) electrons. The number of rotatable bonds is 3. The van der Waals surface area contributed by atoms with Crippen molar-refractivity contribution in [1.82, 2.24) is 0 Å². The van der Waals surface area contributed by atoms with Crippen LogP contribution in [0, 0.1) is 5.82 Å². The van der Waals surface area contributed by atoms with E-state index in [2.05, 4.69) is 0 Å². The third kappa shape index (κ3) is 3.09. The molecule has 2 aromatic rings. The van der Waals surface area contributed by atoms with Crippen molar-refractivity contribution in [2.24, 2.45) is 0 Å². The van der Waals surface area contributed by atoms with Gasteiger partial charge in [-0.15, -0.1) is 0 Å². The maximum Gasteiger partial charge on any atom is 0.416 e. The highest BCUT2D eigenvalue weighted by Gasteiger charge is 2.31. The summed E-state index contributed by atoms with van der Waals surface area (Å²) in [6.07, 6.45) is -4.46. The first-order chi connectivity index (χ1) is 9.84. The van der Waals surface area contributed by atoms with E-state index >= 15 is 0 Å². The molecule has 0 aliphatic carbocycles. The lowest BCUT2D eigenvalue weighted by atomic mass is 10.1. The van der Waals surface area contributed by atoms with Gasteiger partial charge in [0.25, 0.3) is 0 Å². The summed E-state index contributed by atoms with van der Waals surface area (Å²) in [7, 11) is 0. The highest BCUT2D eigenvalue weighted by atomic mass is 19.4. The van der Waals surface area contributed by atoms with Crippen molar-refractivity contribution < 1.29 is 17.6 Å². The molecule has 0 amide bonds. The van der Waals surface area contributed by atoms with Crippen LogP contribution in [0.15, 0.2) is 42.5 Å². The van der Waals surface area contributed by atoms with Crippen LogP contribution in [0.25, 0.3) is 0 Å². The predicted molar refractivity (Wildman–Crippen MR) is 74.9 cm³/mol. The third-order valence-corrected chi connectivity index (χ3v) is 3.11. The lowest BCUT2D eigenvalue weighted by molar-refractivity contribution is -0.137. The Hall–Kier alpha value is -2.24. The fourth-order valence-corrected chi connectivity index (χ4v) is 2.12. The van der Waals surface area contributed by atoms with Crippen LogP contribution in [0.5, 0.6) is 0 Å². The average Bonchev–Trinajstić information content (AvgIpc) is 2.42. The quantitative estimate of drug-likeness (QED) is 0.663. The summed E-state index contributed by atoms with van der Waals surface area (Å²) in [5.74, 6) is -0.460. The van der Waals surface area contributed by atoms with E-state index in [4.69, 9.17) is 5.73 Å². The minimum Gasteiger partial charge on any atom is -0.397 e. The van der Waals surface area contributed by atoms with Gasteiger partial charge < -0.3 is 10.6 Å². The minimum atomic E-state index is -4.46. The second kappa shape index (κ2) is 5.63. The molecule has 0 atom stereocenters. The number of para-hydroxylation sites is 1. The molecule has 0 spiro atoms. The van der Waals surface area contributed by atoms with E-state index in [1.807, 2.05) is 0 Å². The van der Waals surface area contributed by atoms with Gasteiger partial charge in [-0.2, -0.15) is 13.2 Å². The Balaban J connectivity index is 2.47. The molecule has 0 aliphatic heterocycles. The van der Waals surface area contributed by atoms with Crippen LogP contribution < -0.4 is 10.6 Å². The van der Waals surface area contributed by atoms with Crippen LogP contribution in [0.1, 0.15) is 12.5 Å². The number of nitrogen functional groups attached to an aromatic ring is 1. The van der Waals surface area contributed by atoms with Gasteiger partial charge in [-0.1, -0.05) is 12.1 Å². The second-order valence-electron chi connectivity index (χ2n) is 4.47. The number of nitrogens with two attached hydrogens (primary N) is 1. The van der Waals surface area contributed by atoms with Crippen molar-refractivity contribution >= 4 is 17.1 Å². The van der Waals surface area contributed by atoms with E-state index in [-0.39, 0.29) is 11.4 Å². The largest absolute Gasteiger partial charge is 0.416 e. The van der Waals surface area contributed by atoms with Gasteiger partial charge in [0.2, 0.25) is 0 Å². The standard InChI is InChI=1S/C15H14F4N2/c1-2-21(13-6-4-3-5-11(13)16)14-8-7-10(9-12(14)20)15(17,18)19/h3-9H,2,20H2,1H3. The van der Waals surface area contributed by atoms with Crippen LogP contribution in [0.3, 0.4) is 0 Å². The van der Waals surface area contributed by atoms with Gasteiger partial charge in [-0.05, 0) is 37.3 Å². The summed E-state index contributed by atoms with van der Waals surface area (Å²) >= 11 is 0. The highest BCUT2D eigenvalue weighted by Crippen LogP contribution is 2.36. The molecule has 6 heteroatoms. The van der Waals surface area contributed by atoms with Crippen molar-refractivity contribution in [2.75, 3.05) is 17.2 Å². The van der Waals surface area contributed by atoms with Crippen LogP contribution >= 0.6 is 0 Å². The molecule has 0 bridgehead atoms. The summed E-state index contributed by atoms with van der Waals surface area (Å²) in [6, 6.07) is 9.10. The van der Waals surface area contributed by atoms with Crippen molar-refractivity contribution in [3.05, 3.63) is 53.8 Å². The molecule has 2 N–H and O–H groups in total. The van der Waals surface area contributed by atoms with E-state index < -0.39 is 17.6 Å². The molecule has 0 unspecified atom stereocenters. The van der Waals surface area contributed by atoms with E-state index in [0.717, 1.165) is 12.1 Å². The zero-order chi connectivity index (χ0) is 15.6. The molecular weight excluding hydrogens is 284 g/mol. The van der Waals surface area contributed by atoms with E-state index in [1.165, 1.54) is 17.0 Å². The first-order valence-corrected chi connectivity index (χ1v) is 6.33. The van der Waals surface area contributed by atoms with E-state index in [1.54, 1.807) is 25.1 Å². The molecule has 2 rings (SSSR count). The summed E-state index contributed by atoms with van der Waals surface area (Å²) in [5, 5.41) is 0. The number of benzene rings is 2. The monoisotopic (exact) mass is 298 g/mol. The van der Waals surface area contributed by atoms with Gasteiger partial charge in [0.1, 0.15) is 5.82 Å². The maximum absolute atomic E-state index is 13.9. The topological polar surface area (TPSA) is 29.3 Å². The van der Waals surface area contributed by atoms with Gasteiger partial charge in [0.05, 0.1) is 22.6 Å². The summed E-state index contributed by atoms with van der Waals surface area (Å²) in [6.45, 7) is 2.14. The second-order valence-corrected chi connectivity index (χ2v) is 4.47. The molecule has 0 saturated carbocycles. The predicted octanol–water partition coefficient (Wildman–Crippen LogP) is 4.58. The van der Waals surface area contributed by atoms with Crippen molar-refractivity contribution in [3.8, 4) is 0 Å². The first-order valence-electron chi connectivity index (χ1n) is 6.33. The molecule has 0 heterocycles. The number of halogens is 4. The van der Waals surface area contributed by atoms with Gasteiger partial charge in [-0.3, -0.25) is 0 Å². The number of hydrogen-bond acceptors (Lipinski definition) is 2. The molecule has 0 aromatic heterocycles. The van der Waals surface area contributed by atoms with Crippen LogP contribution in [0.2, 0.25) is 0 Å². The molecule has 0 aliphatic rings. The molecule has 2 aromatic carbocycles. The Labute approximate surface area is 119 Å². The number of alkyl halides is 3. The summed E-state index contributed by atoms with van der Waals surface area (Å²) < 4.78 is 51.8. The molecule has 0 saturated heterocycles. The van der Waals surface area contributed by atoms with Gasteiger partial charge in [-0.25, -0.2) is 4.39 Å². The molecule has 0 fully saturated rings. The van der Waals surface area contributed by atoms with Crippen molar-refractivity contribution in [2.45, 2.75) is 13.1 Å². The average molecular weight is 298 g/mol. The van der Waals surface area contributed by atoms with Crippen LogP contribution in [0.4, 0.5) is 34.6 Å². The van der Waals surface area contributed by atoms with Crippen molar-refractivity contribution in [1.29, 1.82) is 0 Å². The summed E-state index contributed by atoms with van der Waals surface area (Å²) in [5.41, 5.74) is 5.46. The number of hydrogen-bond donors (Lipinski definition) is 1. The molecule has 2 nitrogen and oxygen atoms in total. The lowest BCUT2D eigenvalue weighted by Gasteiger charge is -2.25. The van der Waals surface area contributed by atoms with E-state index in [9.17, 15) is 17.6 Å². The van der Waals surface area contributed by atoms with E-state index in [0.29, 0.717) is 12.2 Å². The minimum absolute atomic E-state index is 0.0464. The highest BCUT2D eigenvalue weighted by molar-refractivity contribution is 5.75. The van der Waals surface area contributed by atoms with Gasteiger partial charge in [0, 0.05) is 6.54 Å². The number of anilines is 3. The normalized spacial score (nSPS) is 11.5. The molecular formula is C15H14F4N2. The van der Waals surface area contributed by atoms with Crippen molar-refractivity contribution in [3.63, 3.8) is 0 Å². The SMILES string of the molecule is CCN(c1ccc(C(F)(F)F)cc1N)c1ccccc1F. The Morgan fingerprint density at radius 1 is 1.05 bits per heavy atom. The fourth-order valence-electron chi connectivity index (χ4n) is 2.12. The Kier molecular flexibility index (Phi) is 4.06. The summed E-state index contributed by atoms with van der Waals surface area (Å²) in [4.78, 5) is 1.53. The fraction of sp³-hybridized carbons (Fsp3) is 0.200. The smallest absolute Gasteiger partial charge is 0.397 e. The maximum atomic E-state index is 13.9. The molecule has 112 valence electrons. The van der Waals surface area contributed by atoms with Gasteiger partial charge in [0.15, 0.2) is 0 Å². The Morgan fingerprint density at radius 2 is 1.71 bits per heavy atom. The van der Waals surface area contributed by atoms with Gasteiger partial charge >= 0.3 is 6.18 Å². The number of nitrogens with zero attached hydrogens (tertiary/aromatic N) is 1. The molecule has 21 heavy (non-hydrogen) atoms. The first kappa shape index (κ1) is 15.2. The zero-order valence-corrected chi connectivity index (χ0v) is 11.3. The third-order valence-electron chi connectivity index (χ3n) is 3.11. The lowest BCUT2D eigenvalue weighted by Crippen LogP contribution is -2.19.